The Bertz CT molecular complexity index is 284. The molecule has 1 aliphatic carbocycles. The maximum absolute atomic E-state index is 9.78. The molecule has 92 valence electrons. The highest BCUT2D eigenvalue weighted by molar-refractivity contribution is 5.22. The first kappa shape index (κ1) is 13.5. The largest absolute Gasteiger partial charge is 0.393 e. The zero-order chi connectivity index (χ0) is 12.1. The molecule has 1 aliphatic rings. The van der Waals surface area contributed by atoms with Crippen molar-refractivity contribution in [1.82, 2.24) is 0 Å². The Morgan fingerprint density at radius 2 is 2.06 bits per heavy atom. The van der Waals surface area contributed by atoms with Crippen LogP contribution in [-0.2, 0) is 0 Å². The van der Waals surface area contributed by atoms with Gasteiger partial charge in [0, 0.05) is 0 Å². The van der Waals surface area contributed by atoms with Gasteiger partial charge >= 0.3 is 0 Å². The van der Waals surface area contributed by atoms with E-state index in [0.29, 0.717) is 5.92 Å². The van der Waals surface area contributed by atoms with E-state index < -0.39 is 0 Å². The Kier molecular flexibility index (Phi) is 5.27. The van der Waals surface area contributed by atoms with Crippen LogP contribution < -0.4 is 0 Å². The maximum atomic E-state index is 9.78. The molecule has 0 aromatic carbocycles. The van der Waals surface area contributed by atoms with Crippen LogP contribution in [0.15, 0.2) is 22.8 Å². The van der Waals surface area contributed by atoms with Gasteiger partial charge in [0.15, 0.2) is 0 Å². The molecule has 1 rings (SSSR count). The lowest BCUT2D eigenvalue weighted by molar-refractivity contribution is 0.116. The third-order valence-corrected chi connectivity index (χ3v) is 3.71. The van der Waals surface area contributed by atoms with Gasteiger partial charge < -0.3 is 5.11 Å². The molecule has 1 nitrogen and oxygen atoms in total. The maximum Gasteiger partial charge on any atom is 0.0566 e. The van der Waals surface area contributed by atoms with Gasteiger partial charge in [-0.3, -0.25) is 0 Å². The summed E-state index contributed by atoms with van der Waals surface area (Å²) in [5, 5.41) is 9.78. The van der Waals surface area contributed by atoms with E-state index in [-0.39, 0.29) is 6.10 Å². The van der Waals surface area contributed by atoms with Crippen LogP contribution in [0.25, 0.3) is 0 Å². The first-order valence-electron chi connectivity index (χ1n) is 6.52. The van der Waals surface area contributed by atoms with Gasteiger partial charge in [0.25, 0.3) is 0 Å². The summed E-state index contributed by atoms with van der Waals surface area (Å²) in [7, 11) is 0. The van der Waals surface area contributed by atoms with Gasteiger partial charge in [0.1, 0.15) is 0 Å². The summed E-state index contributed by atoms with van der Waals surface area (Å²) in [5.74, 6) is 0.381. The van der Waals surface area contributed by atoms with Crippen LogP contribution in [-0.4, -0.2) is 11.2 Å². The van der Waals surface area contributed by atoms with Gasteiger partial charge in [-0.25, -0.2) is 0 Å². The van der Waals surface area contributed by atoms with Crippen molar-refractivity contribution >= 4 is 0 Å². The topological polar surface area (TPSA) is 20.2 Å². The first-order valence-corrected chi connectivity index (χ1v) is 6.52. The molecule has 0 heterocycles. The predicted molar refractivity (Wildman–Crippen MR) is 70.4 cm³/mol. The number of aliphatic hydroxyl groups excluding tert-OH is 1. The summed E-state index contributed by atoms with van der Waals surface area (Å²) in [5.41, 5.74) is 4.63. The van der Waals surface area contributed by atoms with Crippen molar-refractivity contribution in [3.05, 3.63) is 22.8 Å². The Labute approximate surface area is 100 Å². The van der Waals surface area contributed by atoms with Crippen molar-refractivity contribution in [3.63, 3.8) is 0 Å². The van der Waals surface area contributed by atoms with Gasteiger partial charge in [0.2, 0.25) is 0 Å². The SMILES string of the molecule is CC1=CCC(=C(C)CCC(O)C(C)C)CC1. The monoisotopic (exact) mass is 222 g/mol. The van der Waals surface area contributed by atoms with Crippen molar-refractivity contribution < 1.29 is 5.11 Å². The molecule has 0 aromatic rings. The van der Waals surface area contributed by atoms with Crippen molar-refractivity contribution in [2.45, 2.75) is 65.9 Å². The second kappa shape index (κ2) is 6.24. The Hall–Kier alpha value is -0.560. The lowest BCUT2D eigenvalue weighted by atomic mass is 9.89. The molecular weight excluding hydrogens is 196 g/mol. The third-order valence-electron chi connectivity index (χ3n) is 3.71. The lowest BCUT2D eigenvalue weighted by Gasteiger charge is -2.18. The standard InChI is InChI=1S/C15H26O/c1-11(2)15(16)10-7-13(4)14-8-5-12(3)6-9-14/h5,11,15-16H,6-10H2,1-4H3. The van der Waals surface area contributed by atoms with Crippen LogP contribution >= 0.6 is 0 Å². The first-order chi connectivity index (χ1) is 7.50. The molecule has 0 bridgehead atoms. The molecule has 0 saturated heterocycles. The predicted octanol–water partition coefficient (Wildman–Crippen LogP) is 4.23. The lowest BCUT2D eigenvalue weighted by Crippen LogP contribution is -2.14. The Morgan fingerprint density at radius 3 is 2.56 bits per heavy atom. The highest BCUT2D eigenvalue weighted by Crippen LogP contribution is 2.27. The fraction of sp³-hybridized carbons (Fsp3) is 0.733. The number of hydrogen-bond donors (Lipinski definition) is 1. The number of aliphatic hydroxyl groups is 1. The second-order valence-electron chi connectivity index (χ2n) is 5.49. The quantitative estimate of drug-likeness (QED) is 0.706. The number of rotatable bonds is 4. The summed E-state index contributed by atoms with van der Waals surface area (Å²) in [6.45, 7) is 8.62. The minimum atomic E-state index is -0.142. The molecule has 0 saturated carbocycles. The van der Waals surface area contributed by atoms with E-state index in [1.807, 2.05) is 0 Å². The van der Waals surface area contributed by atoms with Gasteiger partial charge in [-0.15, -0.1) is 0 Å². The summed E-state index contributed by atoms with van der Waals surface area (Å²) in [4.78, 5) is 0. The fourth-order valence-corrected chi connectivity index (χ4v) is 2.11. The van der Waals surface area contributed by atoms with E-state index >= 15 is 0 Å². The molecule has 0 radical (unpaired) electrons. The van der Waals surface area contributed by atoms with Crippen LogP contribution in [0.2, 0.25) is 0 Å². The minimum Gasteiger partial charge on any atom is -0.393 e. The Morgan fingerprint density at radius 1 is 1.38 bits per heavy atom. The van der Waals surface area contributed by atoms with Crippen LogP contribution in [0.3, 0.4) is 0 Å². The molecule has 0 aromatic heterocycles. The molecule has 1 unspecified atom stereocenters. The van der Waals surface area contributed by atoms with Gasteiger partial charge in [-0.05, 0) is 51.9 Å². The zero-order valence-corrected chi connectivity index (χ0v) is 11.2. The molecule has 0 fully saturated rings. The summed E-state index contributed by atoms with van der Waals surface area (Å²) >= 11 is 0. The van der Waals surface area contributed by atoms with Crippen LogP contribution in [0, 0.1) is 5.92 Å². The highest BCUT2D eigenvalue weighted by atomic mass is 16.3. The Balaban J connectivity index is 2.45. The summed E-state index contributed by atoms with van der Waals surface area (Å²) in [6, 6.07) is 0. The van der Waals surface area contributed by atoms with E-state index in [1.54, 1.807) is 5.57 Å². The smallest absolute Gasteiger partial charge is 0.0566 e. The van der Waals surface area contributed by atoms with E-state index in [0.717, 1.165) is 19.3 Å². The molecular formula is C15H26O. The average molecular weight is 222 g/mol. The highest BCUT2D eigenvalue weighted by Gasteiger charge is 2.11. The van der Waals surface area contributed by atoms with E-state index in [2.05, 4.69) is 33.8 Å². The minimum absolute atomic E-state index is 0.142. The normalized spacial score (nSPS) is 22.0. The van der Waals surface area contributed by atoms with Crippen molar-refractivity contribution in [2.75, 3.05) is 0 Å². The molecule has 0 spiro atoms. The molecule has 1 heteroatoms. The number of hydrogen-bond acceptors (Lipinski definition) is 1. The van der Waals surface area contributed by atoms with Crippen molar-refractivity contribution in [3.8, 4) is 0 Å². The van der Waals surface area contributed by atoms with E-state index in [4.69, 9.17) is 0 Å². The zero-order valence-electron chi connectivity index (χ0n) is 11.2. The second-order valence-corrected chi connectivity index (χ2v) is 5.49. The van der Waals surface area contributed by atoms with Crippen LogP contribution in [0.1, 0.15) is 59.8 Å². The van der Waals surface area contributed by atoms with Crippen LogP contribution in [0.4, 0.5) is 0 Å². The van der Waals surface area contributed by atoms with Crippen LogP contribution in [0.5, 0.6) is 0 Å². The number of allylic oxidation sites excluding steroid dienone is 4. The molecule has 0 aliphatic heterocycles. The molecule has 1 atom stereocenters. The summed E-state index contributed by atoms with van der Waals surface area (Å²) < 4.78 is 0. The van der Waals surface area contributed by atoms with Gasteiger partial charge in [0.05, 0.1) is 6.10 Å². The van der Waals surface area contributed by atoms with Crippen molar-refractivity contribution in [1.29, 1.82) is 0 Å². The summed E-state index contributed by atoms with van der Waals surface area (Å²) in [6.07, 6.45) is 7.76. The fourth-order valence-electron chi connectivity index (χ4n) is 2.11. The van der Waals surface area contributed by atoms with Gasteiger partial charge in [-0.2, -0.15) is 0 Å². The molecule has 16 heavy (non-hydrogen) atoms. The van der Waals surface area contributed by atoms with E-state index in [9.17, 15) is 5.11 Å². The third kappa shape index (κ3) is 4.13. The average Bonchev–Trinajstić information content (AvgIpc) is 2.26. The van der Waals surface area contributed by atoms with E-state index in [1.165, 1.54) is 24.0 Å². The molecule has 1 N–H and O–H groups in total. The van der Waals surface area contributed by atoms with Gasteiger partial charge in [-0.1, -0.05) is 36.6 Å². The molecule has 0 amide bonds. The van der Waals surface area contributed by atoms with Crippen molar-refractivity contribution in [2.24, 2.45) is 5.92 Å².